The maximum atomic E-state index is 11.9. The van der Waals surface area contributed by atoms with Crippen LogP contribution >= 0.6 is 34.8 Å². The largest absolute Gasteiger partial charge is 0.466 e. The highest BCUT2D eigenvalue weighted by molar-refractivity contribution is 6.68. The van der Waals surface area contributed by atoms with Gasteiger partial charge in [0.1, 0.15) is 5.75 Å². The zero-order valence-corrected chi connectivity index (χ0v) is 17.9. The summed E-state index contributed by atoms with van der Waals surface area (Å²) < 4.78 is 3.75. The van der Waals surface area contributed by atoms with Crippen molar-refractivity contribution in [3.05, 3.63) is 59.9 Å². The quantitative estimate of drug-likeness (QED) is 0.287. The van der Waals surface area contributed by atoms with Gasteiger partial charge in [0, 0.05) is 23.9 Å². The zero-order valence-electron chi connectivity index (χ0n) is 15.6. The highest BCUT2D eigenvalue weighted by Gasteiger charge is 2.36. The van der Waals surface area contributed by atoms with Crippen LogP contribution in [0.2, 0.25) is 0 Å². The Labute approximate surface area is 183 Å². The lowest BCUT2D eigenvalue weighted by molar-refractivity contribution is -0.126. The van der Waals surface area contributed by atoms with E-state index in [1.807, 2.05) is 0 Å². The molecule has 0 saturated carbocycles. The predicted octanol–water partition coefficient (Wildman–Crippen LogP) is 3.69. The van der Waals surface area contributed by atoms with Crippen molar-refractivity contribution in [2.45, 2.75) is 23.9 Å². The van der Waals surface area contributed by atoms with E-state index in [0.717, 1.165) is 0 Å². The van der Waals surface area contributed by atoms with E-state index in [-0.39, 0.29) is 17.7 Å². The molecule has 0 aliphatic carbocycles. The SMILES string of the molecule is CC(C)C(=O)N[C@@H](Oc1ccc(/C=N\NC(=O)c2ccncc2)cc1)C(Cl)(Cl)Cl. The average molecular weight is 458 g/mol. The Morgan fingerprint density at radius 1 is 1.10 bits per heavy atom. The summed E-state index contributed by atoms with van der Waals surface area (Å²) in [7, 11) is 0. The summed E-state index contributed by atoms with van der Waals surface area (Å²) in [4.78, 5) is 27.6. The molecule has 29 heavy (non-hydrogen) atoms. The normalized spacial score (nSPS) is 12.6. The van der Waals surface area contributed by atoms with Gasteiger partial charge < -0.3 is 10.1 Å². The van der Waals surface area contributed by atoms with Crippen molar-refractivity contribution >= 4 is 52.8 Å². The first-order valence-corrected chi connectivity index (χ1v) is 9.67. The highest BCUT2D eigenvalue weighted by atomic mass is 35.6. The van der Waals surface area contributed by atoms with Gasteiger partial charge in [-0.2, -0.15) is 5.10 Å². The third kappa shape index (κ3) is 7.53. The number of alkyl halides is 3. The summed E-state index contributed by atoms with van der Waals surface area (Å²) >= 11 is 17.7. The number of hydrogen-bond donors (Lipinski definition) is 2. The molecule has 0 fully saturated rings. The van der Waals surface area contributed by atoms with Crippen LogP contribution in [0.4, 0.5) is 0 Å². The number of carbonyl (C=O) groups excluding carboxylic acids is 2. The second-order valence-electron chi connectivity index (χ2n) is 6.21. The van der Waals surface area contributed by atoms with Crippen molar-refractivity contribution in [3.63, 3.8) is 0 Å². The first-order valence-electron chi connectivity index (χ1n) is 8.54. The van der Waals surface area contributed by atoms with Crippen LogP contribution in [-0.2, 0) is 4.79 Å². The first-order chi connectivity index (χ1) is 13.7. The van der Waals surface area contributed by atoms with Gasteiger partial charge in [0.25, 0.3) is 5.91 Å². The van der Waals surface area contributed by atoms with Gasteiger partial charge in [0.05, 0.1) is 6.21 Å². The Morgan fingerprint density at radius 2 is 1.72 bits per heavy atom. The van der Waals surface area contributed by atoms with Gasteiger partial charge in [-0.15, -0.1) is 0 Å². The van der Waals surface area contributed by atoms with E-state index < -0.39 is 10.0 Å². The lowest BCUT2D eigenvalue weighted by Gasteiger charge is -2.27. The molecule has 10 heteroatoms. The first kappa shape index (κ1) is 22.9. The molecule has 0 saturated heterocycles. The zero-order chi connectivity index (χ0) is 21.4. The Morgan fingerprint density at radius 3 is 2.28 bits per heavy atom. The topological polar surface area (TPSA) is 92.7 Å². The van der Waals surface area contributed by atoms with Crippen LogP contribution in [0.3, 0.4) is 0 Å². The number of ether oxygens (including phenoxy) is 1. The monoisotopic (exact) mass is 456 g/mol. The van der Waals surface area contributed by atoms with Gasteiger partial charge in [-0.05, 0) is 42.0 Å². The minimum absolute atomic E-state index is 0.297. The van der Waals surface area contributed by atoms with Crippen molar-refractivity contribution in [1.29, 1.82) is 0 Å². The average Bonchev–Trinajstić information content (AvgIpc) is 2.68. The van der Waals surface area contributed by atoms with Gasteiger partial charge in [0.2, 0.25) is 15.9 Å². The van der Waals surface area contributed by atoms with Crippen LogP contribution in [0, 0.1) is 5.92 Å². The summed E-state index contributed by atoms with van der Waals surface area (Å²) in [5, 5.41) is 6.45. The third-order valence-corrected chi connectivity index (χ3v) is 4.15. The maximum Gasteiger partial charge on any atom is 0.271 e. The summed E-state index contributed by atoms with van der Waals surface area (Å²) in [5.74, 6) is -0.581. The Bertz CT molecular complexity index is 853. The molecule has 2 N–H and O–H groups in total. The molecule has 1 atom stereocenters. The Balaban J connectivity index is 1.97. The second-order valence-corrected chi connectivity index (χ2v) is 8.58. The molecular formula is C19H19Cl3N4O3. The third-order valence-electron chi connectivity index (χ3n) is 3.55. The van der Waals surface area contributed by atoms with E-state index in [1.165, 1.54) is 18.6 Å². The number of nitrogens with zero attached hydrogens (tertiary/aromatic N) is 2. The number of pyridine rings is 1. The molecule has 0 aliphatic rings. The minimum atomic E-state index is -1.86. The standard InChI is InChI=1S/C19H19Cl3N4O3/c1-12(2)16(27)25-18(19(20,21)22)29-15-5-3-13(4-6-15)11-24-26-17(28)14-7-9-23-10-8-14/h3-12,18H,1-2H3,(H,25,27)(H,26,28)/b24-11-/t18-/m0/s1. The van der Waals surface area contributed by atoms with E-state index in [9.17, 15) is 9.59 Å². The van der Waals surface area contributed by atoms with E-state index in [0.29, 0.717) is 16.9 Å². The summed E-state index contributed by atoms with van der Waals surface area (Å²) in [6.07, 6.45) is 3.34. The fourth-order valence-electron chi connectivity index (χ4n) is 1.98. The molecule has 1 aromatic carbocycles. The van der Waals surface area contributed by atoms with Crippen molar-refractivity contribution < 1.29 is 14.3 Å². The molecule has 2 amide bonds. The number of hydrazone groups is 1. The summed E-state index contributed by atoms with van der Waals surface area (Å²) in [6.45, 7) is 3.43. The fraction of sp³-hybridized carbons (Fsp3) is 0.263. The Kier molecular flexibility index (Phi) is 8.25. The smallest absolute Gasteiger partial charge is 0.271 e. The van der Waals surface area contributed by atoms with E-state index >= 15 is 0 Å². The van der Waals surface area contributed by atoms with E-state index in [4.69, 9.17) is 39.5 Å². The van der Waals surface area contributed by atoms with Crippen LogP contribution in [0.15, 0.2) is 53.9 Å². The number of rotatable bonds is 7. The number of halogens is 3. The molecule has 0 unspecified atom stereocenters. The molecule has 2 aromatic rings. The van der Waals surface area contributed by atoms with Crippen LogP contribution in [0.1, 0.15) is 29.8 Å². The predicted molar refractivity (Wildman–Crippen MR) is 113 cm³/mol. The van der Waals surface area contributed by atoms with Gasteiger partial charge in [-0.3, -0.25) is 14.6 Å². The van der Waals surface area contributed by atoms with Crippen molar-refractivity contribution in [2.75, 3.05) is 0 Å². The maximum absolute atomic E-state index is 11.9. The molecule has 0 spiro atoms. The summed E-state index contributed by atoms with van der Waals surface area (Å²) in [6, 6.07) is 9.79. The fourth-order valence-corrected chi connectivity index (χ4v) is 2.27. The molecule has 2 rings (SSSR count). The van der Waals surface area contributed by atoms with Gasteiger partial charge in [0.15, 0.2) is 0 Å². The Hall–Kier alpha value is -2.35. The highest BCUT2D eigenvalue weighted by Crippen LogP contribution is 2.32. The van der Waals surface area contributed by atoms with Crippen LogP contribution in [0.5, 0.6) is 5.75 Å². The molecule has 7 nitrogen and oxygen atoms in total. The molecule has 1 aromatic heterocycles. The van der Waals surface area contributed by atoms with Crippen molar-refractivity contribution in [1.82, 2.24) is 15.7 Å². The van der Waals surface area contributed by atoms with E-state index in [1.54, 1.807) is 50.2 Å². The lowest BCUT2D eigenvalue weighted by atomic mass is 10.2. The molecule has 0 radical (unpaired) electrons. The molecule has 0 aliphatic heterocycles. The minimum Gasteiger partial charge on any atom is -0.466 e. The number of aromatic nitrogens is 1. The van der Waals surface area contributed by atoms with Gasteiger partial charge in [-0.1, -0.05) is 48.7 Å². The molecule has 1 heterocycles. The van der Waals surface area contributed by atoms with Crippen LogP contribution in [0.25, 0.3) is 0 Å². The van der Waals surface area contributed by atoms with Crippen LogP contribution < -0.4 is 15.5 Å². The number of hydrogen-bond acceptors (Lipinski definition) is 5. The molecule has 154 valence electrons. The van der Waals surface area contributed by atoms with Gasteiger partial charge >= 0.3 is 0 Å². The second kappa shape index (κ2) is 10.4. The number of nitrogens with one attached hydrogen (secondary N) is 2. The number of amides is 2. The van der Waals surface area contributed by atoms with Crippen molar-refractivity contribution in [2.24, 2.45) is 11.0 Å². The van der Waals surface area contributed by atoms with Crippen molar-refractivity contribution in [3.8, 4) is 5.75 Å². The molecule has 0 bridgehead atoms. The number of carbonyl (C=O) groups is 2. The lowest BCUT2D eigenvalue weighted by Crippen LogP contribution is -2.49. The molecular weight excluding hydrogens is 439 g/mol. The number of benzene rings is 1. The summed E-state index contributed by atoms with van der Waals surface area (Å²) in [5.41, 5.74) is 3.56. The van der Waals surface area contributed by atoms with Crippen LogP contribution in [-0.4, -0.2) is 33.0 Å². The van der Waals surface area contributed by atoms with Gasteiger partial charge in [-0.25, -0.2) is 5.43 Å². The van der Waals surface area contributed by atoms with E-state index in [2.05, 4.69) is 20.8 Å².